The smallest absolute Gasteiger partial charge is 0.261 e. The second-order valence-electron chi connectivity index (χ2n) is 8.53. The van der Waals surface area contributed by atoms with Crippen molar-refractivity contribution >= 4 is 22.9 Å². The fraction of sp³-hybridized carbons (Fsp3) is 0.409. The molecule has 2 aliphatic heterocycles. The van der Waals surface area contributed by atoms with Crippen LogP contribution in [0.3, 0.4) is 0 Å². The van der Waals surface area contributed by atoms with Gasteiger partial charge in [0.15, 0.2) is 5.65 Å². The lowest BCUT2D eigenvalue weighted by Gasteiger charge is -2.40. The minimum absolute atomic E-state index is 0.0512. The van der Waals surface area contributed by atoms with Crippen molar-refractivity contribution in [2.24, 2.45) is 0 Å². The van der Waals surface area contributed by atoms with E-state index in [1.807, 2.05) is 26.0 Å². The van der Waals surface area contributed by atoms with Gasteiger partial charge in [-0.1, -0.05) is 0 Å². The number of hydrogen-bond donors (Lipinski definition) is 2. The van der Waals surface area contributed by atoms with Gasteiger partial charge in [-0.25, -0.2) is 9.50 Å². The van der Waals surface area contributed by atoms with Crippen molar-refractivity contribution in [3.8, 4) is 5.75 Å². The van der Waals surface area contributed by atoms with Gasteiger partial charge in [-0.3, -0.25) is 4.79 Å². The van der Waals surface area contributed by atoms with Crippen LogP contribution in [0, 0.1) is 0 Å². The molecule has 1 unspecified atom stereocenters. The summed E-state index contributed by atoms with van der Waals surface area (Å²) in [5, 5.41) is 16.8. The number of hydrogen-bond acceptors (Lipinski definition) is 7. The van der Waals surface area contributed by atoms with Crippen LogP contribution in [-0.4, -0.2) is 63.6 Å². The second kappa shape index (κ2) is 7.51. The predicted octanol–water partition coefficient (Wildman–Crippen LogP) is 1.89. The van der Waals surface area contributed by atoms with Crippen molar-refractivity contribution in [3.63, 3.8) is 0 Å². The molecule has 0 radical (unpaired) electrons. The van der Waals surface area contributed by atoms with Crippen molar-refractivity contribution in [2.75, 3.05) is 36.5 Å². The highest BCUT2D eigenvalue weighted by Crippen LogP contribution is 2.40. The summed E-state index contributed by atoms with van der Waals surface area (Å²) in [7, 11) is 0. The Kier molecular flexibility index (Phi) is 4.79. The lowest BCUT2D eigenvalue weighted by molar-refractivity contribution is -0.0276. The molecule has 0 aliphatic carbocycles. The van der Waals surface area contributed by atoms with Crippen LogP contribution in [-0.2, 0) is 11.2 Å². The maximum atomic E-state index is 13.2. The molecule has 0 spiro atoms. The number of aliphatic hydroxyl groups excluding tert-OH is 1. The van der Waals surface area contributed by atoms with Gasteiger partial charge < -0.3 is 24.8 Å². The predicted molar refractivity (Wildman–Crippen MR) is 115 cm³/mol. The van der Waals surface area contributed by atoms with Crippen LogP contribution in [0.25, 0.3) is 5.65 Å². The average Bonchev–Trinajstić information content (AvgIpc) is 3.36. The molecule has 9 nitrogen and oxygen atoms in total. The number of benzene rings is 1. The van der Waals surface area contributed by atoms with Crippen molar-refractivity contribution in [1.82, 2.24) is 14.6 Å². The van der Waals surface area contributed by atoms with Gasteiger partial charge in [0, 0.05) is 43.5 Å². The third-order valence-corrected chi connectivity index (χ3v) is 5.66. The molecule has 0 bridgehead atoms. The summed E-state index contributed by atoms with van der Waals surface area (Å²) in [6.45, 7) is 6.02. The summed E-state index contributed by atoms with van der Waals surface area (Å²) in [5.41, 5.74) is 3.12. The zero-order valence-corrected chi connectivity index (χ0v) is 17.5. The van der Waals surface area contributed by atoms with Crippen LogP contribution in [0.1, 0.15) is 29.8 Å². The van der Waals surface area contributed by atoms with Crippen LogP contribution < -0.4 is 15.0 Å². The minimum Gasteiger partial charge on any atom is -0.487 e. The van der Waals surface area contributed by atoms with E-state index < -0.39 is 0 Å². The lowest BCUT2D eigenvalue weighted by atomic mass is 10.0. The zero-order chi connectivity index (χ0) is 21.6. The molecule has 5 rings (SSSR count). The summed E-state index contributed by atoms with van der Waals surface area (Å²) in [4.78, 5) is 19.6. The molecule has 3 aromatic rings. The van der Waals surface area contributed by atoms with Gasteiger partial charge >= 0.3 is 0 Å². The Hall–Kier alpha value is -3.17. The van der Waals surface area contributed by atoms with E-state index in [2.05, 4.69) is 20.3 Å². The summed E-state index contributed by atoms with van der Waals surface area (Å²) in [6.07, 6.45) is 5.24. The second-order valence-corrected chi connectivity index (χ2v) is 8.53. The molecule has 9 heteroatoms. The molecule has 1 amide bonds. The molecule has 1 saturated heterocycles. The summed E-state index contributed by atoms with van der Waals surface area (Å²) < 4.78 is 13.3. The van der Waals surface area contributed by atoms with E-state index in [-0.39, 0.29) is 24.2 Å². The number of morpholine rings is 1. The Labute approximate surface area is 179 Å². The van der Waals surface area contributed by atoms with Gasteiger partial charge in [0.2, 0.25) is 0 Å². The number of carbonyl (C=O) groups excluding carboxylic acids is 1. The minimum atomic E-state index is -0.306. The highest BCUT2D eigenvalue weighted by molar-refractivity contribution is 6.09. The number of aliphatic hydroxyl groups is 1. The molecule has 31 heavy (non-hydrogen) atoms. The van der Waals surface area contributed by atoms with Gasteiger partial charge in [-0.05, 0) is 26.0 Å². The number of ether oxygens (including phenoxy) is 2. The summed E-state index contributed by atoms with van der Waals surface area (Å²) in [6, 6.07) is 5.66. The molecule has 1 atom stereocenters. The first-order valence-electron chi connectivity index (χ1n) is 10.4. The van der Waals surface area contributed by atoms with Crippen molar-refractivity contribution in [2.45, 2.75) is 32.0 Å². The zero-order valence-electron chi connectivity index (χ0n) is 17.5. The Morgan fingerprint density at radius 1 is 1.39 bits per heavy atom. The molecule has 162 valence electrons. The third-order valence-electron chi connectivity index (χ3n) is 5.66. The number of rotatable bonds is 4. The van der Waals surface area contributed by atoms with Crippen molar-refractivity contribution < 1.29 is 19.4 Å². The van der Waals surface area contributed by atoms with E-state index in [1.54, 1.807) is 23.0 Å². The van der Waals surface area contributed by atoms with Gasteiger partial charge in [0.25, 0.3) is 5.91 Å². The van der Waals surface area contributed by atoms with Gasteiger partial charge in [-0.15, -0.1) is 0 Å². The third kappa shape index (κ3) is 3.70. The van der Waals surface area contributed by atoms with Gasteiger partial charge in [0.05, 0.1) is 36.4 Å². The van der Waals surface area contributed by atoms with Crippen LogP contribution in [0.5, 0.6) is 5.75 Å². The molecule has 0 saturated carbocycles. The Morgan fingerprint density at radius 2 is 2.26 bits per heavy atom. The number of nitrogens with one attached hydrogen (secondary N) is 1. The molecular formula is C22H25N5O4. The van der Waals surface area contributed by atoms with Crippen LogP contribution >= 0.6 is 0 Å². The fourth-order valence-corrected chi connectivity index (χ4v) is 4.21. The Balaban J connectivity index is 1.51. The van der Waals surface area contributed by atoms with E-state index in [4.69, 9.17) is 9.47 Å². The van der Waals surface area contributed by atoms with Crippen molar-refractivity contribution in [1.29, 1.82) is 0 Å². The summed E-state index contributed by atoms with van der Waals surface area (Å²) in [5.74, 6) is 0.467. The van der Waals surface area contributed by atoms with Gasteiger partial charge in [-0.2, -0.15) is 5.10 Å². The number of fused-ring (bicyclic) bond motifs is 2. The first-order chi connectivity index (χ1) is 14.9. The fourth-order valence-electron chi connectivity index (χ4n) is 4.21. The molecule has 2 aliphatic rings. The number of nitrogens with zero attached hydrogens (tertiary/aromatic N) is 4. The number of carbonyl (C=O) groups is 1. The summed E-state index contributed by atoms with van der Waals surface area (Å²) >= 11 is 0. The van der Waals surface area contributed by atoms with Crippen LogP contribution in [0.4, 0.5) is 11.4 Å². The van der Waals surface area contributed by atoms with Crippen molar-refractivity contribution in [3.05, 3.63) is 47.9 Å². The molecule has 4 heterocycles. The standard InChI is InChI=1S/C22H25N5O4/c1-22(2)13-26(6-7-30-22)18-10-19-14(8-15(12-28)31-19)9-17(18)25-21(29)16-11-24-27-5-3-4-23-20(16)27/h3-5,9-11,15,28H,6-8,12-13H2,1-2H3,(H,25,29). The number of aromatic nitrogens is 3. The largest absolute Gasteiger partial charge is 0.487 e. The highest BCUT2D eigenvalue weighted by Gasteiger charge is 2.31. The van der Waals surface area contributed by atoms with E-state index in [9.17, 15) is 9.90 Å². The van der Waals surface area contributed by atoms with Crippen LogP contribution in [0.15, 0.2) is 36.8 Å². The van der Waals surface area contributed by atoms with E-state index >= 15 is 0 Å². The normalized spacial score (nSPS) is 19.8. The van der Waals surface area contributed by atoms with E-state index in [1.165, 1.54) is 6.20 Å². The quantitative estimate of drug-likeness (QED) is 0.661. The molecule has 2 N–H and O–H groups in total. The van der Waals surface area contributed by atoms with E-state index in [0.717, 1.165) is 17.0 Å². The average molecular weight is 423 g/mol. The maximum Gasteiger partial charge on any atom is 0.261 e. The van der Waals surface area contributed by atoms with Gasteiger partial charge in [0.1, 0.15) is 17.4 Å². The maximum absolute atomic E-state index is 13.2. The Morgan fingerprint density at radius 3 is 3.06 bits per heavy atom. The first kappa shape index (κ1) is 19.8. The number of amides is 1. The van der Waals surface area contributed by atoms with E-state index in [0.29, 0.717) is 43.0 Å². The SMILES string of the molecule is CC1(C)CN(c2cc3c(cc2NC(=O)c2cnn4cccnc24)CC(CO)O3)CCO1. The molecular weight excluding hydrogens is 398 g/mol. The molecule has 1 aromatic carbocycles. The molecule has 2 aromatic heterocycles. The first-order valence-corrected chi connectivity index (χ1v) is 10.4. The number of anilines is 2. The topological polar surface area (TPSA) is 101 Å². The molecule has 1 fully saturated rings. The monoisotopic (exact) mass is 423 g/mol. The highest BCUT2D eigenvalue weighted by atomic mass is 16.5. The lowest BCUT2D eigenvalue weighted by Crippen LogP contribution is -2.48. The Bertz CT molecular complexity index is 1140. The van der Waals surface area contributed by atoms with Crippen LogP contribution in [0.2, 0.25) is 0 Å².